The molecular weight excluding hydrogens is 355 g/mol. The molecule has 24 heavy (non-hydrogen) atoms. The van der Waals surface area contributed by atoms with Crippen molar-refractivity contribution in [3.8, 4) is 0 Å². The molecule has 0 amide bonds. The zero-order valence-corrected chi connectivity index (χ0v) is 14.4. The van der Waals surface area contributed by atoms with E-state index in [1.807, 2.05) is 0 Å². The third-order valence-corrected chi connectivity index (χ3v) is 7.94. The Hall–Kier alpha value is -1.83. The molecule has 1 aliphatic rings. The highest BCUT2D eigenvalue weighted by molar-refractivity contribution is 8.31. The molecule has 6 nitrogen and oxygen atoms in total. The minimum absolute atomic E-state index is 0.276. The standard InChI is InChI=1S/C15H17FN2O4S2/c16-13-9-3-4-10-14(13)24(21,22)15(18-17)23(19,20)11-5-8-12-6-1-2-7-12/h3-5,8-10,12H,1-2,6-7,11H2. The van der Waals surface area contributed by atoms with E-state index < -0.39 is 40.5 Å². The van der Waals surface area contributed by atoms with Crippen molar-refractivity contribution in [2.75, 3.05) is 5.75 Å². The molecule has 1 fully saturated rings. The quantitative estimate of drug-likeness (QED) is 0.266. The molecule has 2 rings (SSSR count). The third kappa shape index (κ3) is 3.98. The monoisotopic (exact) mass is 372 g/mol. The van der Waals surface area contributed by atoms with Crippen molar-refractivity contribution < 1.29 is 26.0 Å². The normalized spacial score (nSPS) is 16.4. The van der Waals surface area contributed by atoms with Gasteiger partial charge in [-0.15, -0.1) is 4.79 Å². The van der Waals surface area contributed by atoms with Gasteiger partial charge in [-0.3, -0.25) is 0 Å². The van der Waals surface area contributed by atoms with Gasteiger partial charge in [0.2, 0.25) is 0 Å². The summed E-state index contributed by atoms with van der Waals surface area (Å²) in [6, 6.07) is 4.31. The number of hydrogen-bond donors (Lipinski definition) is 0. The van der Waals surface area contributed by atoms with E-state index in [1.165, 1.54) is 18.2 Å². The number of sulfone groups is 2. The van der Waals surface area contributed by atoms with Crippen LogP contribution in [-0.2, 0) is 19.7 Å². The second-order valence-corrected chi connectivity index (χ2v) is 9.60. The van der Waals surface area contributed by atoms with E-state index in [-0.39, 0.29) is 5.92 Å². The van der Waals surface area contributed by atoms with Gasteiger partial charge in [0.25, 0.3) is 19.7 Å². The van der Waals surface area contributed by atoms with Gasteiger partial charge in [0, 0.05) is 0 Å². The highest BCUT2D eigenvalue weighted by atomic mass is 32.3. The molecule has 0 radical (unpaired) electrons. The number of hydrogen-bond acceptors (Lipinski definition) is 4. The summed E-state index contributed by atoms with van der Waals surface area (Å²) in [5.41, 5.74) is 8.94. The molecule has 0 saturated heterocycles. The topological polar surface area (TPSA) is 105 Å². The van der Waals surface area contributed by atoms with Crippen LogP contribution in [0.3, 0.4) is 0 Å². The molecule has 0 atom stereocenters. The second kappa shape index (κ2) is 7.38. The van der Waals surface area contributed by atoms with Gasteiger partial charge in [-0.2, -0.15) is 0 Å². The molecule has 0 aromatic heterocycles. The Balaban J connectivity index is 2.29. The fraction of sp³-hybridized carbons (Fsp3) is 0.400. The fourth-order valence-corrected chi connectivity index (χ4v) is 5.96. The maximum atomic E-state index is 13.7. The lowest BCUT2D eigenvalue weighted by atomic mass is 10.1. The van der Waals surface area contributed by atoms with Crippen LogP contribution in [-0.4, -0.2) is 31.8 Å². The van der Waals surface area contributed by atoms with Crippen molar-refractivity contribution in [2.24, 2.45) is 5.92 Å². The molecule has 0 spiro atoms. The van der Waals surface area contributed by atoms with E-state index in [0.29, 0.717) is 0 Å². The maximum absolute atomic E-state index is 13.7. The first-order chi connectivity index (χ1) is 11.3. The van der Waals surface area contributed by atoms with Crippen molar-refractivity contribution >= 4 is 24.1 Å². The lowest BCUT2D eigenvalue weighted by molar-refractivity contribution is 0.00381. The Morgan fingerprint density at radius 2 is 1.83 bits per heavy atom. The number of benzene rings is 1. The molecule has 1 aromatic rings. The van der Waals surface area contributed by atoms with Crippen molar-refractivity contribution in [3.63, 3.8) is 0 Å². The summed E-state index contributed by atoms with van der Waals surface area (Å²) >= 11 is 0. The molecule has 130 valence electrons. The predicted octanol–water partition coefficient (Wildman–Crippen LogP) is 2.35. The predicted molar refractivity (Wildman–Crippen MR) is 87.1 cm³/mol. The van der Waals surface area contributed by atoms with Crippen LogP contribution in [0.5, 0.6) is 0 Å². The number of allylic oxidation sites excluding steroid dienone is 1. The molecular formula is C15H17FN2O4S2. The van der Waals surface area contributed by atoms with Gasteiger partial charge in [0.15, 0.2) is 0 Å². The summed E-state index contributed by atoms with van der Waals surface area (Å²) in [7, 11) is -9.21. The zero-order valence-electron chi connectivity index (χ0n) is 12.8. The Labute approximate surface area is 140 Å². The van der Waals surface area contributed by atoms with E-state index in [9.17, 15) is 21.2 Å². The minimum atomic E-state index is -4.79. The van der Waals surface area contributed by atoms with Crippen LogP contribution in [0.15, 0.2) is 41.3 Å². The minimum Gasteiger partial charge on any atom is -0.359 e. The molecule has 1 aromatic carbocycles. The molecule has 1 aliphatic carbocycles. The van der Waals surface area contributed by atoms with Gasteiger partial charge in [0.05, 0.1) is 5.75 Å². The Bertz CT molecular complexity index is 895. The van der Waals surface area contributed by atoms with E-state index in [4.69, 9.17) is 5.53 Å². The first kappa shape index (κ1) is 18.5. The molecule has 0 bridgehead atoms. The summed E-state index contributed by atoms with van der Waals surface area (Å²) < 4.78 is 61.3. The van der Waals surface area contributed by atoms with Gasteiger partial charge >= 0.3 is 4.38 Å². The first-order valence-corrected chi connectivity index (χ1v) is 10.5. The summed E-state index contributed by atoms with van der Waals surface area (Å²) in [5.74, 6) is -1.47. The van der Waals surface area contributed by atoms with Crippen LogP contribution in [0.2, 0.25) is 0 Å². The largest absolute Gasteiger partial charge is 0.500 e. The first-order valence-electron chi connectivity index (χ1n) is 7.40. The molecule has 0 aliphatic heterocycles. The average molecular weight is 372 g/mol. The van der Waals surface area contributed by atoms with Gasteiger partial charge < -0.3 is 5.53 Å². The van der Waals surface area contributed by atoms with Crippen LogP contribution >= 0.6 is 0 Å². The third-order valence-electron chi connectivity index (χ3n) is 3.83. The van der Waals surface area contributed by atoms with E-state index in [1.54, 1.807) is 6.08 Å². The van der Waals surface area contributed by atoms with E-state index in [2.05, 4.69) is 4.79 Å². The molecule has 1 saturated carbocycles. The second-order valence-electron chi connectivity index (χ2n) is 5.55. The fourth-order valence-electron chi connectivity index (χ4n) is 2.64. The van der Waals surface area contributed by atoms with Crippen molar-refractivity contribution in [1.29, 1.82) is 0 Å². The average Bonchev–Trinajstić information content (AvgIpc) is 3.00. The number of nitrogens with zero attached hydrogens (tertiary/aromatic N) is 2. The summed E-state index contributed by atoms with van der Waals surface area (Å²) in [6.45, 7) is 0. The van der Waals surface area contributed by atoms with Crippen LogP contribution in [0.25, 0.3) is 5.53 Å². The lowest BCUT2D eigenvalue weighted by Gasteiger charge is -2.02. The SMILES string of the molecule is [N-]=[N+]=C(S(=O)(=O)CC=CC1CCCC1)S(=O)(=O)c1ccccc1F. The summed E-state index contributed by atoms with van der Waals surface area (Å²) in [5, 5.41) is 0. The van der Waals surface area contributed by atoms with Crippen molar-refractivity contribution in [1.82, 2.24) is 0 Å². The highest BCUT2D eigenvalue weighted by Gasteiger charge is 2.43. The van der Waals surface area contributed by atoms with Crippen LogP contribution in [0, 0.1) is 11.7 Å². The van der Waals surface area contributed by atoms with Gasteiger partial charge in [0.1, 0.15) is 10.7 Å². The van der Waals surface area contributed by atoms with Gasteiger partial charge in [-0.25, -0.2) is 21.2 Å². The molecule has 0 N–H and O–H groups in total. The zero-order chi connectivity index (χ0) is 17.8. The summed E-state index contributed by atoms with van der Waals surface area (Å²) in [4.78, 5) is 1.59. The highest BCUT2D eigenvalue weighted by Crippen LogP contribution is 2.25. The van der Waals surface area contributed by atoms with Crippen LogP contribution in [0.1, 0.15) is 25.7 Å². The van der Waals surface area contributed by atoms with E-state index in [0.717, 1.165) is 37.8 Å². The smallest absolute Gasteiger partial charge is 0.359 e. The van der Waals surface area contributed by atoms with E-state index >= 15 is 0 Å². The number of rotatable bonds is 4. The lowest BCUT2D eigenvalue weighted by Crippen LogP contribution is -2.28. The Morgan fingerprint density at radius 1 is 1.21 bits per heavy atom. The molecule has 9 heteroatoms. The van der Waals surface area contributed by atoms with Gasteiger partial charge in [-0.05, 0) is 30.9 Å². The van der Waals surface area contributed by atoms with Crippen molar-refractivity contribution in [2.45, 2.75) is 30.6 Å². The Kier molecular flexibility index (Phi) is 5.69. The summed E-state index contributed by atoms with van der Waals surface area (Å²) in [6.07, 6.45) is 7.16. The van der Waals surface area contributed by atoms with Crippen LogP contribution < -0.4 is 0 Å². The Morgan fingerprint density at radius 3 is 2.42 bits per heavy atom. The van der Waals surface area contributed by atoms with Crippen LogP contribution in [0.4, 0.5) is 4.39 Å². The molecule has 0 heterocycles. The maximum Gasteiger partial charge on any atom is 0.500 e. The van der Waals surface area contributed by atoms with Crippen molar-refractivity contribution in [3.05, 3.63) is 47.8 Å². The molecule has 0 unspecified atom stereocenters. The number of halogens is 1. The van der Waals surface area contributed by atoms with Gasteiger partial charge in [-0.1, -0.05) is 37.1 Å².